The fourth-order valence-corrected chi connectivity index (χ4v) is 3.21. The zero-order chi connectivity index (χ0) is 15.7. The highest BCUT2D eigenvalue weighted by atomic mass is 35.5. The van der Waals surface area contributed by atoms with Crippen LogP contribution in [0.1, 0.15) is 5.56 Å². The van der Waals surface area contributed by atoms with Crippen molar-refractivity contribution >= 4 is 34.3 Å². The van der Waals surface area contributed by atoms with Crippen LogP contribution in [-0.4, -0.2) is 9.66 Å². The average molecular weight is 336 g/mol. The standard InChI is InChI=1S/C15H11ClFN3OS/c16-12-4-2-1-3-9(12)8-22-15-19-13-7-10(17)5-6-11(13)14(21)20(15)18/h1-7H,8,18H2. The van der Waals surface area contributed by atoms with Crippen molar-refractivity contribution in [1.29, 1.82) is 0 Å². The van der Waals surface area contributed by atoms with Gasteiger partial charge in [0.15, 0.2) is 5.16 Å². The highest BCUT2D eigenvalue weighted by molar-refractivity contribution is 7.98. The SMILES string of the molecule is Nn1c(SCc2ccccc2Cl)nc2cc(F)ccc2c1=O. The maximum Gasteiger partial charge on any atom is 0.280 e. The van der Waals surface area contributed by atoms with Crippen LogP contribution in [0.4, 0.5) is 4.39 Å². The smallest absolute Gasteiger partial charge is 0.280 e. The Bertz CT molecular complexity index is 913. The molecule has 1 heterocycles. The van der Waals surface area contributed by atoms with Gasteiger partial charge >= 0.3 is 0 Å². The van der Waals surface area contributed by atoms with Crippen LogP contribution in [0.5, 0.6) is 0 Å². The number of hydrogen-bond donors (Lipinski definition) is 1. The number of benzene rings is 2. The van der Waals surface area contributed by atoms with Crippen molar-refractivity contribution in [2.45, 2.75) is 10.9 Å². The first-order valence-corrected chi connectivity index (χ1v) is 7.76. The molecule has 0 saturated heterocycles. The summed E-state index contributed by atoms with van der Waals surface area (Å²) in [7, 11) is 0. The number of fused-ring (bicyclic) bond motifs is 1. The van der Waals surface area contributed by atoms with Crippen LogP contribution in [0, 0.1) is 5.82 Å². The van der Waals surface area contributed by atoms with E-state index in [0.717, 1.165) is 10.2 Å². The molecule has 0 bridgehead atoms. The molecule has 1 aromatic heterocycles. The molecule has 0 aliphatic heterocycles. The van der Waals surface area contributed by atoms with Crippen LogP contribution in [0.15, 0.2) is 52.4 Å². The number of halogens is 2. The second-order valence-corrected chi connectivity index (χ2v) is 5.96. The zero-order valence-electron chi connectivity index (χ0n) is 11.3. The van der Waals surface area contributed by atoms with Gasteiger partial charge in [0, 0.05) is 16.8 Å². The van der Waals surface area contributed by atoms with Gasteiger partial charge in [0.2, 0.25) is 0 Å². The molecule has 3 aromatic rings. The molecular weight excluding hydrogens is 325 g/mol. The molecule has 2 N–H and O–H groups in total. The highest BCUT2D eigenvalue weighted by Crippen LogP contribution is 2.25. The molecule has 0 atom stereocenters. The molecule has 3 rings (SSSR count). The molecule has 0 unspecified atom stereocenters. The van der Waals surface area contributed by atoms with Crippen LogP contribution < -0.4 is 11.4 Å². The van der Waals surface area contributed by atoms with Gasteiger partial charge in [0.05, 0.1) is 10.9 Å². The van der Waals surface area contributed by atoms with E-state index in [1.165, 1.54) is 30.0 Å². The number of nitrogens with two attached hydrogens (primary N) is 1. The Morgan fingerprint density at radius 2 is 2.05 bits per heavy atom. The van der Waals surface area contributed by atoms with Gasteiger partial charge in [-0.1, -0.05) is 41.6 Å². The normalized spacial score (nSPS) is 11.0. The van der Waals surface area contributed by atoms with E-state index < -0.39 is 11.4 Å². The number of rotatable bonds is 3. The van der Waals surface area contributed by atoms with Crippen LogP contribution in [0.3, 0.4) is 0 Å². The lowest BCUT2D eigenvalue weighted by atomic mass is 10.2. The second-order valence-electron chi connectivity index (χ2n) is 4.61. The third-order valence-corrected chi connectivity index (χ3v) is 4.52. The summed E-state index contributed by atoms with van der Waals surface area (Å²) in [4.78, 5) is 16.4. The summed E-state index contributed by atoms with van der Waals surface area (Å²) in [5.74, 6) is 5.84. The van der Waals surface area contributed by atoms with Crippen molar-refractivity contribution in [2.24, 2.45) is 0 Å². The molecule has 4 nitrogen and oxygen atoms in total. The third kappa shape index (κ3) is 2.80. The fourth-order valence-electron chi connectivity index (χ4n) is 2.01. The van der Waals surface area contributed by atoms with Gasteiger partial charge < -0.3 is 5.84 Å². The van der Waals surface area contributed by atoms with Gasteiger partial charge in [-0.2, -0.15) is 0 Å². The topological polar surface area (TPSA) is 60.9 Å². The summed E-state index contributed by atoms with van der Waals surface area (Å²) >= 11 is 7.36. The summed E-state index contributed by atoms with van der Waals surface area (Å²) < 4.78 is 14.3. The quantitative estimate of drug-likeness (QED) is 0.453. The molecule has 7 heteroatoms. The van der Waals surface area contributed by atoms with Crippen LogP contribution >= 0.6 is 23.4 Å². The first-order chi connectivity index (χ1) is 10.6. The Hall–Kier alpha value is -2.05. The first kappa shape index (κ1) is 14.9. The van der Waals surface area contributed by atoms with Crippen LogP contribution in [-0.2, 0) is 5.75 Å². The lowest BCUT2D eigenvalue weighted by Crippen LogP contribution is -2.29. The molecule has 22 heavy (non-hydrogen) atoms. The minimum atomic E-state index is -0.448. The number of nitrogen functional groups attached to an aromatic ring is 1. The minimum absolute atomic E-state index is 0.283. The van der Waals surface area contributed by atoms with Gasteiger partial charge in [0.25, 0.3) is 5.56 Å². The van der Waals surface area contributed by atoms with E-state index in [4.69, 9.17) is 17.4 Å². The summed E-state index contributed by atoms with van der Waals surface area (Å²) in [5, 5.41) is 1.22. The first-order valence-electron chi connectivity index (χ1n) is 6.40. The average Bonchev–Trinajstić information content (AvgIpc) is 2.50. The Morgan fingerprint density at radius 3 is 2.82 bits per heavy atom. The second kappa shape index (κ2) is 5.98. The van der Waals surface area contributed by atoms with Crippen molar-refractivity contribution in [3.05, 3.63) is 69.2 Å². The number of hydrogen-bond acceptors (Lipinski definition) is 4. The Morgan fingerprint density at radius 1 is 1.27 bits per heavy atom. The summed E-state index contributed by atoms with van der Waals surface area (Å²) in [6.07, 6.45) is 0. The molecule has 0 saturated carbocycles. The molecule has 112 valence electrons. The van der Waals surface area contributed by atoms with Gasteiger partial charge in [-0.05, 0) is 23.8 Å². The van der Waals surface area contributed by atoms with Crippen LogP contribution in [0.2, 0.25) is 5.02 Å². The van der Waals surface area contributed by atoms with Crippen molar-refractivity contribution < 1.29 is 4.39 Å². The molecule has 0 aliphatic rings. The predicted octanol–water partition coefficient (Wildman–Crippen LogP) is 3.20. The predicted molar refractivity (Wildman–Crippen MR) is 87.1 cm³/mol. The van der Waals surface area contributed by atoms with Crippen molar-refractivity contribution in [1.82, 2.24) is 9.66 Å². The molecule has 0 fully saturated rings. The highest BCUT2D eigenvalue weighted by Gasteiger charge is 2.11. The Balaban J connectivity index is 1.99. The van der Waals surface area contributed by atoms with E-state index in [1.54, 1.807) is 6.07 Å². The van der Waals surface area contributed by atoms with Gasteiger partial charge in [-0.25, -0.2) is 14.1 Å². The van der Waals surface area contributed by atoms with E-state index in [1.807, 2.05) is 18.2 Å². The molecule has 2 aromatic carbocycles. The number of thioether (sulfide) groups is 1. The van der Waals surface area contributed by atoms with Gasteiger partial charge in [-0.15, -0.1) is 0 Å². The largest absolute Gasteiger partial charge is 0.334 e. The third-order valence-electron chi connectivity index (χ3n) is 3.15. The lowest BCUT2D eigenvalue weighted by molar-refractivity contribution is 0.628. The van der Waals surface area contributed by atoms with E-state index >= 15 is 0 Å². The van der Waals surface area contributed by atoms with E-state index in [0.29, 0.717) is 15.9 Å². The fraction of sp³-hybridized carbons (Fsp3) is 0.0667. The van der Waals surface area contributed by atoms with Crippen molar-refractivity contribution in [3.8, 4) is 0 Å². The number of nitrogens with zero attached hydrogens (tertiary/aromatic N) is 2. The molecule has 0 amide bonds. The summed E-state index contributed by atoms with van der Waals surface area (Å²) in [6.45, 7) is 0. The minimum Gasteiger partial charge on any atom is -0.334 e. The summed E-state index contributed by atoms with van der Waals surface area (Å²) in [5.41, 5.74) is 0.780. The van der Waals surface area contributed by atoms with Crippen LogP contribution in [0.25, 0.3) is 10.9 Å². The summed E-state index contributed by atoms with van der Waals surface area (Å²) in [6, 6.07) is 11.2. The van der Waals surface area contributed by atoms with E-state index in [-0.39, 0.29) is 10.9 Å². The number of aromatic nitrogens is 2. The maximum absolute atomic E-state index is 13.3. The maximum atomic E-state index is 13.3. The van der Waals surface area contributed by atoms with E-state index in [2.05, 4.69) is 4.98 Å². The molecule has 0 radical (unpaired) electrons. The van der Waals surface area contributed by atoms with Gasteiger partial charge in [0.1, 0.15) is 5.82 Å². The van der Waals surface area contributed by atoms with Crippen molar-refractivity contribution in [3.63, 3.8) is 0 Å². The lowest BCUT2D eigenvalue weighted by Gasteiger charge is -2.09. The van der Waals surface area contributed by atoms with E-state index in [9.17, 15) is 9.18 Å². The monoisotopic (exact) mass is 335 g/mol. The Kier molecular flexibility index (Phi) is 4.04. The molecular formula is C15H11ClFN3OS. The van der Waals surface area contributed by atoms with Gasteiger partial charge in [-0.3, -0.25) is 4.79 Å². The zero-order valence-corrected chi connectivity index (χ0v) is 12.9. The Labute approximate surface area is 134 Å². The molecule has 0 spiro atoms. The molecule has 0 aliphatic carbocycles. The van der Waals surface area contributed by atoms with Crippen molar-refractivity contribution in [2.75, 3.05) is 5.84 Å².